The maximum Gasteiger partial charge on any atom is 0.273 e. The number of carbonyl (C=O) groups excluding carboxylic acids is 1. The topological polar surface area (TPSA) is 45.7 Å². The van der Waals surface area contributed by atoms with Gasteiger partial charge >= 0.3 is 0 Å². The van der Waals surface area contributed by atoms with Gasteiger partial charge in [-0.05, 0) is 37.3 Å². The molecule has 4 rings (SSSR count). The zero-order valence-electron chi connectivity index (χ0n) is 15.5. The molecule has 2 saturated heterocycles. The Labute approximate surface area is 154 Å². The Hall–Kier alpha value is -1.98. The number of pyridine rings is 1. The molecule has 1 spiro atoms. The second-order valence-electron chi connectivity index (χ2n) is 7.73. The Morgan fingerprint density at radius 3 is 2.96 bits per heavy atom. The third-order valence-corrected chi connectivity index (χ3v) is 5.95. The summed E-state index contributed by atoms with van der Waals surface area (Å²) in [6.45, 7) is 5.66. The number of benzene rings is 1. The lowest BCUT2D eigenvalue weighted by Crippen LogP contribution is -2.46. The minimum absolute atomic E-state index is 0.0766. The molecule has 3 heterocycles. The van der Waals surface area contributed by atoms with E-state index in [2.05, 4.69) is 9.88 Å². The van der Waals surface area contributed by atoms with Gasteiger partial charge < -0.3 is 14.5 Å². The van der Waals surface area contributed by atoms with Gasteiger partial charge in [0.1, 0.15) is 5.69 Å². The molecule has 1 atom stereocenters. The molecule has 5 nitrogen and oxygen atoms in total. The number of methoxy groups -OCH3 is 1. The number of nitrogens with zero attached hydrogens (tertiary/aromatic N) is 3. The van der Waals surface area contributed by atoms with E-state index in [-0.39, 0.29) is 11.3 Å². The molecule has 0 radical (unpaired) electrons. The van der Waals surface area contributed by atoms with E-state index in [4.69, 9.17) is 4.74 Å². The summed E-state index contributed by atoms with van der Waals surface area (Å²) in [5, 5.41) is 2.02. The van der Waals surface area contributed by atoms with E-state index < -0.39 is 0 Å². The molecule has 0 saturated carbocycles. The number of hydrogen-bond acceptors (Lipinski definition) is 4. The Balaban J connectivity index is 1.50. The molecule has 138 valence electrons. The first-order valence-electron chi connectivity index (χ1n) is 9.55. The van der Waals surface area contributed by atoms with Crippen LogP contribution in [0.2, 0.25) is 0 Å². The molecule has 2 fully saturated rings. The predicted molar refractivity (Wildman–Crippen MR) is 102 cm³/mol. The summed E-state index contributed by atoms with van der Waals surface area (Å²) >= 11 is 0. The molecule has 0 bridgehead atoms. The summed E-state index contributed by atoms with van der Waals surface area (Å²) < 4.78 is 5.24. The summed E-state index contributed by atoms with van der Waals surface area (Å²) in [5.74, 6) is 0.0766. The van der Waals surface area contributed by atoms with Crippen LogP contribution in [0.3, 0.4) is 0 Å². The lowest BCUT2D eigenvalue weighted by Gasteiger charge is -2.40. The lowest BCUT2D eigenvalue weighted by molar-refractivity contribution is 0.0599. The molecule has 0 N–H and O–H groups in total. The van der Waals surface area contributed by atoms with Crippen LogP contribution in [0.1, 0.15) is 29.8 Å². The summed E-state index contributed by atoms with van der Waals surface area (Å²) in [6, 6.07) is 9.97. The molecule has 1 amide bonds. The van der Waals surface area contributed by atoms with E-state index in [1.165, 1.54) is 12.8 Å². The molecule has 1 aromatic carbocycles. The van der Waals surface area contributed by atoms with Gasteiger partial charge in [0, 0.05) is 50.3 Å². The number of aromatic nitrogens is 1. The molecule has 1 unspecified atom stereocenters. The highest BCUT2D eigenvalue weighted by molar-refractivity contribution is 6.05. The first-order valence-corrected chi connectivity index (χ1v) is 9.55. The average Bonchev–Trinajstić information content (AvgIpc) is 3.08. The van der Waals surface area contributed by atoms with Crippen molar-refractivity contribution in [2.45, 2.75) is 19.3 Å². The van der Waals surface area contributed by atoms with E-state index >= 15 is 0 Å². The van der Waals surface area contributed by atoms with Gasteiger partial charge in [0.25, 0.3) is 5.91 Å². The number of amides is 1. The number of carbonyl (C=O) groups is 1. The third kappa shape index (κ3) is 3.33. The highest BCUT2D eigenvalue weighted by atomic mass is 16.5. The number of ether oxygens (including phenoxy) is 1. The van der Waals surface area contributed by atoms with E-state index in [0.29, 0.717) is 5.69 Å². The van der Waals surface area contributed by atoms with Gasteiger partial charge in [-0.3, -0.25) is 9.78 Å². The Kier molecular flexibility index (Phi) is 4.92. The Morgan fingerprint density at radius 2 is 2.08 bits per heavy atom. The molecular weight excluding hydrogens is 326 g/mol. The van der Waals surface area contributed by atoms with Gasteiger partial charge in [-0.15, -0.1) is 0 Å². The van der Waals surface area contributed by atoms with Crippen LogP contribution in [0.4, 0.5) is 0 Å². The standard InChI is InChI=1S/C21H27N3O2/c1-26-14-13-23-11-4-8-21(15-23)9-12-24(16-21)20(25)19-18-6-3-2-5-17(18)7-10-22-19/h2-3,5-7,10H,4,8-9,11-16H2,1H3. The molecule has 1 aromatic heterocycles. The number of piperidine rings is 1. The van der Waals surface area contributed by atoms with Crippen LogP contribution in [-0.4, -0.2) is 67.1 Å². The minimum Gasteiger partial charge on any atom is -0.383 e. The van der Waals surface area contributed by atoms with Crippen LogP contribution in [-0.2, 0) is 4.74 Å². The van der Waals surface area contributed by atoms with Gasteiger partial charge in [0.15, 0.2) is 0 Å². The number of rotatable bonds is 4. The largest absolute Gasteiger partial charge is 0.383 e. The molecule has 26 heavy (non-hydrogen) atoms. The fraction of sp³-hybridized carbons (Fsp3) is 0.524. The Bertz CT molecular complexity index is 788. The van der Waals surface area contributed by atoms with Gasteiger partial charge in [-0.1, -0.05) is 24.3 Å². The maximum atomic E-state index is 13.2. The van der Waals surface area contributed by atoms with Gasteiger partial charge in [-0.2, -0.15) is 0 Å². The summed E-state index contributed by atoms with van der Waals surface area (Å²) in [6.07, 6.45) is 5.25. The second kappa shape index (κ2) is 7.33. The quantitative estimate of drug-likeness (QED) is 0.848. The average molecular weight is 353 g/mol. The van der Waals surface area contributed by atoms with E-state index in [1.54, 1.807) is 13.3 Å². The highest BCUT2D eigenvalue weighted by Crippen LogP contribution is 2.39. The van der Waals surface area contributed by atoms with Crippen molar-refractivity contribution >= 4 is 16.7 Å². The van der Waals surface area contributed by atoms with Crippen LogP contribution < -0.4 is 0 Å². The van der Waals surface area contributed by atoms with Crippen LogP contribution >= 0.6 is 0 Å². The van der Waals surface area contributed by atoms with E-state index in [9.17, 15) is 4.79 Å². The van der Waals surface area contributed by atoms with Crippen molar-refractivity contribution in [3.63, 3.8) is 0 Å². The SMILES string of the molecule is COCCN1CCCC2(CCN(C(=O)c3nccc4ccccc34)C2)C1. The van der Waals surface area contributed by atoms with Gasteiger partial charge in [0.05, 0.1) is 6.61 Å². The van der Waals surface area contributed by atoms with Crippen LogP contribution in [0.15, 0.2) is 36.5 Å². The molecule has 0 aliphatic carbocycles. The lowest BCUT2D eigenvalue weighted by atomic mass is 9.79. The Morgan fingerprint density at radius 1 is 1.19 bits per heavy atom. The van der Waals surface area contributed by atoms with Crippen molar-refractivity contribution in [2.75, 3.05) is 46.4 Å². The van der Waals surface area contributed by atoms with Crippen LogP contribution in [0.25, 0.3) is 10.8 Å². The molecule has 2 aliphatic rings. The van der Waals surface area contributed by atoms with Crippen molar-refractivity contribution in [3.8, 4) is 0 Å². The normalized spacial score (nSPS) is 23.8. The van der Waals surface area contributed by atoms with Crippen LogP contribution in [0.5, 0.6) is 0 Å². The van der Waals surface area contributed by atoms with Crippen molar-refractivity contribution in [1.82, 2.24) is 14.8 Å². The van der Waals surface area contributed by atoms with E-state index in [1.807, 2.05) is 35.2 Å². The fourth-order valence-electron chi connectivity index (χ4n) is 4.60. The zero-order chi connectivity index (χ0) is 18.0. The van der Waals surface area contributed by atoms with Crippen molar-refractivity contribution in [1.29, 1.82) is 0 Å². The number of fused-ring (bicyclic) bond motifs is 1. The first kappa shape index (κ1) is 17.4. The maximum absolute atomic E-state index is 13.2. The van der Waals surface area contributed by atoms with Crippen LogP contribution in [0, 0.1) is 5.41 Å². The second-order valence-corrected chi connectivity index (χ2v) is 7.73. The van der Waals surface area contributed by atoms with Crippen molar-refractivity contribution < 1.29 is 9.53 Å². The number of likely N-dealkylation sites (tertiary alicyclic amines) is 2. The zero-order valence-corrected chi connectivity index (χ0v) is 15.5. The monoisotopic (exact) mass is 353 g/mol. The molecule has 5 heteroatoms. The first-order chi connectivity index (χ1) is 12.7. The summed E-state index contributed by atoms with van der Waals surface area (Å²) in [4.78, 5) is 22.1. The molecule has 2 aliphatic heterocycles. The number of hydrogen-bond donors (Lipinski definition) is 0. The van der Waals surface area contributed by atoms with Crippen molar-refractivity contribution in [3.05, 3.63) is 42.2 Å². The smallest absolute Gasteiger partial charge is 0.273 e. The fourth-order valence-corrected chi connectivity index (χ4v) is 4.60. The highest BCUT2D eigenvalue weighted by Gasteiger charge is 2.43. The van der Waals surface area contributed by atoms with Crippen molar-refractivity contribution in [2.24, 2.45) is 5.41 Å². The summed E-state index contributed by atoms with van der Waals surface area (Å²) in [5.41, 5.74) is 0.832. The molecular formula is C21H27N3O2. The van der Waals surface area contributed by atoms with Gasteiger partial charge in [-0.25, -0.2) is 0 Å². The predicted octanol–water partition coefficient (Wildman–Crippen LogP) is 2.81. The minimum atomic E-state index is 0.0766. The van der Waals surface area contributed by atoms with Gasteiger partial charge in [0.2, 0.25) is 0 Å². The molecule has 2 aromatic rings. The third-order valence-electron chi connectivity index (χ3n) is 5.95. The summed E-state index contributed by atoms with van der Waals surface area (Å²) in [7, 11) is 1.76. The van der Waals surface area contributed by atoms with E-state index in [0.717, 1.165) is 56.5 Å².